The number of hydrogen-bond acceptors (Lipinski definition) is 4. The van der Waals surface area contributed by atoms with Crippen LogP contribution in [0.1, 0.15) is 40.9 Å². The van der Waals surface area contributed by atoms with Crippen molar-refractivity contribution in [3.63, 3.8) is 0 Å². The largest absolute Gasteiger partial charge is 0.416 e. The van der Waals surface area contributed by atoms with Gasteiger partial charge in [-0.25, -0.2) is 0 Å². The van der Waals surface area contributed by atoms with E-state index >= 15 is 0 Å². The van der Waals surface area contributed by atoms with Gasteiger partial charge in [0.2, 0.25) is 5.91 Å². The van der Waals surface area contributed by atoms with Crippen molar-refractivity contribution in [1.82, 2.24) is 14.8 Å². The normalized spacial score (nSPS) is 11.6. The summed E-state index contributed by atoms with van der Waals surface area (Å²) in [7, 11) is 0. The number of halogens is 3. The predicted octanol–water partition coefficient (Wildman–Crippen LogP) is 6.22. The summed E-state index contributed by atoms with van der Waals surface area (Å²) in [5.74, 6) is -0.944. The fourth-order valence-corrected chi connectivity index (χ4v) is 4.56. The van der Waals surface area contributed by atoms with Crippen LogP contribution in [0.5, 0.6) is 0 Å². The molecule has 0 saturated heterocycles. The van der Waals surface area contributed by atoms with Gasteiger partial charge < -0.3 is 14.8 Å². The minimum Gasteiger partial charge on any atom is -0.361 e. The van der Waals surface area contributed by atoms with Gasteiger partial charge in [0.15, 0.2) is 0 Å². The maximum absolute atomic E-state index is 13.7. The molecule has 0 spiro atoms. The Balaban J connectivity index is 1.58. The Morgan fingerprint density at radius 3 is 2.37 bits per heavy atom. The molecule has 0 fully saturated rings. The van der Waals surface area contributed by atoms with Crippen LogP contribution in [0.25, 0.3) is 10.9 Å². The maximum atomic E-state index is 13.7. The summed E-state index contributed by atoms with van der Waals surface area (Å²) < 4.78 is 39.2. The minimum absolute atomic E-state index is 0.0380. The summed E-state index contributed by atoms with van der Waals surface area (Å²) in [4.78, 5) is 43.6. The monoisotopic (exact) mass is 566 g/mol. The van der Waals surface area contributed by atoms with E-state index in [0.29, 0.717) is 12.0 Å². The van der Waals surface area contributed by atoms with Gasteiger partial charge in [0, 0.05) is 53.9 Å². The zero-order chi connectivity index (χ0) is 29.7. The predicted molar refractivity (Wildman–Crippen MR) is 148 cm³/mol. The maximum Gasteiger partial charge on any atom is 0.416 e. The van der Waals surface area contributed by atoms with Crippen LogP contribution >= 0.6 is 0 Å². The molecule has 1 N–H and O–H groups in total. The van der Waals surface area contributed by atoms with Crippen molar-refractivity contribution in [2.24, 2.45) is 0 Å². The van der Waals surface area contributed by atoms with Gasteiger partial charge in [0.05, 0.1) is 10.5 Å². The number of aromatic amines is 1. The minimum atomic E-state index is -4.48. The van der Waals surface area contributed by atoms with Crippen LogP contribution < -0.4 is 0 Å². The topological polar surface area (TPSA) is 99.6 Å². The molecule has 41 heavy (non-hydrogen) atoms. The fourth-order valence-electron chi connectivity index (χ4n) is 4.56. The van der Waals surface area contributed by atoms with Crippen LogP contribution in [0.15, 0.2) is 79.0 Å². The summed E-state index contributed by atoms with van der Waals surface area (Å²) in [6.45, 7) is 3.44. The van der Waals surface area contributed by atoms with E-state index in [1.54, 1.807) is 13.8 Å². The number of nitrogens with one attached hydrogen (secondary N) is 1. The van der Waals surface area contributed by atoms with Crippen molar-refractivity contribution >= 4 is 28.4 Å². The van der Waals surface area contributed by atoms with Crippen molar-refractivity contribution in [1.29, 1.82) is 0 Å². The second-order valence-corrected chi connectivity index (χ2v) is 9.95. The van der Waals surface area contributed by atoms with Gasteiger partial charge in [-0.2, -0.15) is 13.2 Å². The van der Waals surface area contributed by atoms with E-state index < -0.39 is 34.5 Å². The highest BCUT2D eigenvalue weighted by molar-refractivity contribution is 5.97. The third-order valence-corrected chi connectivity index (χ3v) is 6.83. The van der Waals surface area contributed by atoms with Crippen molar-refractivity contribution in [2.75, 3.05) is 13.1 Å². The Kier molecular flexibility index (Phi) is 8.75. The second-order valence-electron chi connectivity index (χ2n) is 9.95. The van der Waals surface area contributed by atoms with Crippen LogP contribution in [0.3, 0.4) is 0 Å². The first kappa shape index (κ1) is 29.3. The van der Waals surface area contributed by atoms with Crippen LogP contribution in [0.2, 0.25) is 0 Å². The fraction of sp³-hybridized carbons (Fsp3) is 0.267. The first-order valence-electron chi connectivity index (χ1n) is 13.0. The quantitative estimate of drug-likeness (QED) is 0.182. The summed E-state index contributed by atoms with van der Waals surface area (Å²) in [5, 5.41) is 12.2. The van der Waals surface area contributed by atoms with Gasteiger partial charge in [0.1, 0.15) is 6.54 Å². The number of nitro groups is 1. The molecule has 0 saturated carbocycles. The summed E-state index contributed by atoms with van der Waals surface area (Å²) in [5.41, 5.74) is 1.47. The smallest absolute Gasteiger partial charge is 0.361 e. The molecule has 0 aliphatic rings. The molecule has 0 aliphatic heterocycles. The van der Waals surface area contributed by atoms with Crippen LogP contribution in [0, 0.1) is 10.1 Å². The van der Waals surface area contributed by atoms with Crippen LogP contribution in [-0.4, -0.2) is 50.7 Å². The summed E-state index contributed by atoms with van der Waals surface area (Å²) >= 11 is 0. The number of amides is 2. The molecule has 0 atom stereocenters. The molecule has 0 aliphatic carbocycles. The zero-order valence-corrected chi connectivity index (χ0v) is 22.5. The first-order valence-corrected chi connectivity index (χ1v) is 13.0. The van der Waals surface area contributed by atoms with Gasteiger partial charge in [-0.3, -0.25) is 19.7 Å². The Labute approximate surface area is 234 Å². The Morgan fingerprint density at radius 2 is 1.71 bits per heavy atom. The number of nitro benzene ring substituents is 1. The average molecular weight is 567 g/mol. The standard InChI is InChI=1S/C30H29F3N4O4/c1-20(2)36(29(39)22-6-5-7-25(16-22)37(40)41)19-28(38)35(18-21-10-12-24(13-11-21)30(31,32)33)15-14-23-17-34-27-9-4-3-8-26(23)27/h3-13,16-17,20,34H,14-15,18-19H2,1-2H3. The Bertz CT molecular complexity index is 1550. The number of nitrogens with zero attached hydrogens (tertiary/aromatic N) is 3. The summed E-state index contributed by atoms with van der Waals surface area (Å²) in [6.07, 6.45) is -2.15. The lowest BCUT2D eigenvalue weighted by molar-refractivity contribution is -0.384. The van der Waals surface area contributed by atoms with Gasteiger partial charge in [-0.05, 0) is 55.7 Å². The molecule has 214 valence electrons. The van der Waals surface area contributed by atoms with Gasteiger partial charge in [-0.1, -0.05) is 36.4 Å². The van der Waals surface area contributed by atoms with Crippen LogP contribution in [0.4, 0.5) is 18.9 Å². The lowest BCUT2D eigenvalue weighted by atomic mass is 10.1. The SMILES string of the molecule is CC(C)N(CC(=O)N(CCc1c[nH]c2ccccc12)Cc1ccc(C(F)(F)F)cc1)C(=O)c1cccc([N+](=O)[O-])c1. The van der Waals surface area contributed by atoms with E-state index in [1.165, 1.54) is 46.2 Å². The van der Waals surface area contributed by atoms with E-state index in [4.69, 9.17) is 0 Å². The number of benzene rings is 3. The number of alkyl halides is 3. The molecule has 4 rings (SSSR count). The number of carbonyl (C=O) groups excluding carboxylic acids is 2. The van der Waals surface area contributed by atoms with E-state index in [9.17, 15) is 32.9 Å². The Hall–Kier alpha value is -4.67. The number of para-hydroxylation sites is 1. The number of non-ortho nitro benzene ring substituents is 1. The molecule has 1 aromatic heterocycles. The number of H-pyrrole nitrogens is 1. The highest BCUT2D eigenvalue weighted by Crippen LogP contribution is 2.29. The lowest BCUT2D eigenvalue weighted by Crippen LogP contribution is -2.46. The molecular weight excluding hydrogens is 537 g/mol. The highest BCUT2D eigenvalue weighted by atomic mass is 19.4. The number of hydrogen-bond donors (Lipinski definition) is 1. The van der Waals surface area contributed by atoms with Crippen molar-refractivity contribution < 1.29 is 27.7 Å². The molecule has 1 heterocycles. The highest BCUT2D eigenvalue weighted by Gasteiger charge is 2.30. The molecule has 0 bridgehead atoms. The number of fused-ring (bicyclic) bond motifs is 1. The van der Waals surface area contributed by atoms with Crippen molar-refractivity contribution in [3.05, 3.63) is 111 Å². The van der Waals surface area contributed by atoms with E-state index in [1.807, 2.05) is 30.5 Å². The summed E-state index contributed by atoms with van der Waals surface area (Å²) in [6, 6.07) is 17.2. The molecule has 0 radical (unpaired) electrons. The van der Waals surface area contributed by atoms with Gasteiger partial charge in [0.25, 0.3) is 11.6 Å². The molecule has 11 heteroatoms. The first-order chi connectivity index (χ1) is 19.4. The molecule has 4 aromatic rings. The van der Waals surface area contributed by atoms with E-state index in [0.717, 1.165) is 28.6 Å². The third-order valence-electron chi connectivity index (χ3n) is 6.83. The number of rotatable bonds is 10. The third kappa shape index (κ3) is 7.10. The molecular formula is C30H29F3N4O4. The number of carbonyl (C=O) groups is 2. The number of aromatic nitrogens is 1. The second kappa shape index (κ2) is 12.2. The zero-order valence-electron chi connectivity index (χ0n) is 22.5. The van der Waals surface area contributed by atoms with Crippen molar-refractivity contribution in [2.45, 2.75) is 39.0 Å². The van der Waals surface area contributed by atoms with Gasteiger partial charge >= 0.3 is 6.18 Å². The van der Waals surface area contributed by atoms with E-state index in [-0.39, 0.29) is 30.9 Å². The van der Waals surface area contributed by atoms with Gasteiger partial charge in [-0.15, -0.1) is 0 Å². The lowest BCUT2D eigenvalue weighted by Gasteiger charge is -2.30. The molecule has 8 nitrogen and oxygen atoms in total. The average Bonchev–Trinajstić information content (AvgIpc) is 3.36. The van der Waals surface area contributed by atoms with E-state index in [2.05, 4.69) is 4.98 Å². The Morgan fingerprint density at radius 1 is 1.00 bits per heavy atom. The van der Waals surface area contributed by atoms with Crippen molar-refractivity contribution in [3.8, 4) is 0 Å². The molecule has 2 amide bonds. The van der Waals surface area contributed by atoms with Crippen LogP contribution in [-0.2, 0) is 23.9 Å². The molecule has 0 unspecified atom stereocenters. The molecule has 3 aromatic carbocycles.